The number of methoxy groups -OCH3 is 1. The maximum absolute atomic E-state index is 10.4. The monoisotopic (exact) mass is 354 g/mol. The zero-order valence-electron chi connectivity index (χ0n) is 14.2. The van der Waals surface area contributed by atoms with Gasteiger partial charge in [-0.05, 0) is 29.8 Å². The fraction of sp³-hybridized carbons (Fsp3) is 0.222. The van der Waals surface area contributed by atoms with Crippen LogP contribution in [0.5, 0.6) is 23.4 Å². The summed E-state index contributed by atoms with van der Waals surface area (Å²) < 4.78 is 18.3. The van der Waals surface area contributed by atoms with E-state index in [0.717, 1.165) is 5.56 Å². The zero-order valence-corrected chi connectivity index (χ0v) is 14.2. The fourth-order valence-electron chi connectivity index (χ4n) is 2.84. The number of nitrogen functional groups attached to an aromatic ring is 1. The molecule has 3 aromatic rings. The predicted octanol–water partition coefficient (Wildman–Crippen LogP) is 2.10. The molecule has 0 fully saturated rings. The summed E-state index contributed by atoms with van der Waals surface area (Å²) in [5.74, 6) is 1.63. The third-order valence-corrected chi connectivity index (χ3v) is 4.08. The number of nitrogens with two attached hydrogens (primary N) is 1. The second kappa shape index (κ2) is 6.47. The van der Waals surface area contributed by atoms with Crippen LogP contribution in [0.25, 0.3) is 11.0 Å². The number of rotatable bonds is 1. The van der Waals surface area contributed by atoms with E-state index < -0.39 is 0 Å². The minimum Gasteiger partial charge on any atom is -0.497 e. The van der Waals surface area contributed by atoms with Crippen molar-refractivity contribution in [2.75, 3.05) is 26.1 Å². The molecule has 4 rings (SSSR count). The third kappa shape index (κ3) is 2.97. The molecule has 4 bridgehead atoms. The number of benzene rings is 1. The van der Waals surface area contributed by atoms with Crippen LogP contribution in [-0.2, 0) is 6.54 Å². The van der Waals surface area contributed by atoms with Crippen LogP contribution in [0.4, 0.5) is 5.82 Å². The molecule has 0 unspecified atom stereocenters. The van der Waals surface area contributed by atoms with Gasteiger partial charge in [0.25, 0.3) is 0 Å². The van der Waals surface area contributed by atoms with Crippen LogP contribution in [0.2, 0.25) is 0 Å². The summed E-state index contributed by atoms with van der Waals surface area (Å²) in [6, 6.07) is 7.29. The molecule has 134 valence electrons. The number of nitrogens with zero attached hydrogens (tertiary/aromatic N) is 3. The molecule has 0 spiro atoms. The van der Waals surface area contributed by atoms with E-state index in [-0.39, 0.29) is 24.3 Å². The highest BCUT2D eigenvalue weighted by atomic mass is 16.5. The Kier molecular flexibility index (Phi) is 4.00. The molecule has 3 N–H and O–H groups in total. The molecular formula is C18H18N4O4. The lowest BCUT2D eigenvalue weighted by molar-refractivity contribution is 0.329. The van der Waals surface area contributed by atoms with Gasteiger partial charge >= 0.3 is 6.01 Å². The normalized spacial score (nSPS) is 15.1. The van der Waals surface area contributed by atoms with Crippen molar-refractivity contribution in [2.45, 2.75) is 6.54 Å². The van der Waals surface area contributed by atoms with Crippen molar-refractivity contribution in [2.24, 2.45) is 0 Å². The smallest absolute Gasteiger partial charge is 0.320 e. The first-order chi connectivity index (χ1) is 12.6. The topological polar surface area (TPSA) is 105 Å². The molecule has 1 aromatic carbocycles. The highest BCUT2D eigenvalue weighted by Crippen LogP contribution is 2.31. The number of hydrogen-bond acceptors (Lipinski definition) is 7. The first-order valence-corrected chi connectivity index (χ1v) is 8.08. The Labute approximate surface area is 149 Å². The number of aromatic hydroxyl groups is 1. The van der Waals surface area contributed by atoms with E-state index in [1.54, 1.807) is 17.7 Å². The number of anilines is 1. The standard InChI is InChI=1S/C18H18N4O4/c1-24-12-6-11-7-13(8-12)25-4-2-3-5-26-18-20-16(19)14-9-15(23)22(10-11)17(14)21-18/h2-3,6-9,23H,4-5,10H2,1H3,(H2,19,20,21)/b3-2+. The molecule has 2 aromatic heterocycles. The van der Waals surface area contributed by atoms with E-state index >= 15 is 0 Å². The minimum absolute atomic E-state index is 0.0374. The van der Waals surface area contributed by atoms with E-state index in [1.807, 2.05) is 30.4 Å². The quantitative estimate of drug-likeness (QED) is 0.645. The lowest BCUT2D eigenvalue weighted by atomic mass is 10.2. The van der Waals surface area contributed by atoms with Crippen LogP contribution in [0, 0.1) is 0 Å². The Morgan fingerprint density at radius 1 is 1.12 bits per heavy atom. The molecule has 0 atom stereocenters. The predicted molar refractivity (Wildman–Crippen MR) is 95.8 cm³/mol. The van der Waals surface area contributed by atoms with Crippen LogP contribution in [0.1, 0.15) is 5.56 Å². The van der Waals surface area contributed by atoms with Crippen molar-refractivity contribution in [3.63, 3.8) is 0 Å². The van der Waals surface area contributed by atoms with Gasteiger partial charge in [0.1, 0.15) is 30.5 Å². The summed E-state index contributed by atoms with van der Waals surface area (Å²) in [6.07, 6.45) is 3.66. The Hall–Kier alpha value is -3.42. The van der Waals surface area contributed by atoms with Gasteiger partial charge in [0.2, 0.25) is 0 Å². The third-order valence-electron chi connectivity index (χ3n) is 4.08. The number of aromatic nitrogens is 3. The Bertz CT molecular complexity index is 997. The van der Waals surface area contributed by atoms with Crippen molar-refractivity contribution in [1.82, 2.24) is 14.5 Å². The van der Waals surface area contributed by atoms with Crippen LogP contribution >= 0.6 is 0 Å². The Morgan fingerprint density at radius 3 is 2.73 bits per heavy atom. The van der Waals surface area contributed by atoms with Crippen molar-refractivity contribution < 1.29 is 19.3 Å². The van der Waals surface area contributed by atoms with Gasteiger partial charge in [-0.1, -0.05) is 0 Å². The second-order valence-electron chi connectivity index (χ2n) is 5.83. The number of hydrogen-bond donors (Lipinski definition) is 2. The van der Waals surface area contributed by atoms with Gasteiger partial charge in [-0.3, -0.25) is 4.57 Å². The van der Waals surface area contributed by atoms with Gasteiger partial charge in [-0.25, -0.2) is 0 Å². The minimum atomic E-state index is 0.0374. The highest BCUT2D eigenvalue weighted by Gasteiger charge is 2.16. The summed E-state index contributed by atoms with van der Waals surface area (Å²) in [4.78, 5) is 8.54. The summed E-state index contributed by atoms with van der Waals surface area (Å²) >= 11 is 0. The fourth-order valence-corrected chi connectivity index (χ4v) is 2.84. The van der Waals surface area contributed by atoms with E-state index in [9.17, 15) is 5.11 Å². The maximum Gasteiger partial charge on any atom is 0.320 e. The van der Waals surface area contributed by atoms with Crippen LogP contribution in [-0.4, -0.2) is 40.0 Å². The summed E-state index contributed by atoms with van der Waals surface area (Å²) in [5, 5.41) is 10.9. The van der Waals surface area contributed by atoms with E-state index in [2.05, 4.69) is 9.97 Å². The molecule has 1 aliphatic heterocycles. The molecule has 0 amide bonds. The largest absolute Gasteiger partial charge is 0.497 e. The molecule has 8 heteroatoms. The summed E-state index contributed by atoms with van der Waals surface area (Å²) in [6.45, 7) is 1.02. The van der Waals surface area contributed by atoms with Gasteiger partial charge in [-0.15, -0.1) is 0 Å². The van der Waals surface area contributed by atoms with Crippen LogP contribution in [0.15, 0.2) is 36.4 Å². The number of fused-ring (bicyclic) bond motifs is 3. The van der Waals surface area contributed by atoms with E-state index in [4.69, 9.17) is 19.9 Å². The maximum atomic E-state index is 10.4. The Balaban J connectivity index is 1.88. The molecular weight excluding hydrogens is 336 g/mol. The van der Waals surface area contributed by atoms with Crippen molar-refractivity contribution in [1.29, 1.82) is 0 Å². The highest BCUT2D eigenvalue weighted by molar-refractivity contribution is 5.88. The zero-order chi connectivity index (χ0) is 18.1. The average Bonchev–Trinajstić information content (AvgIpc) is 2.94. The SMILES string of the molecule is COc1cc2cc(c1)OC/C=C/COc1nc(N)c3cc(O)n(c3n1)C2. The lowest BCUT2D eigenvalue weighted by Crippen LogP contribution is -2.06. The second-order valence-corrected chi connectivity index (χ2v) is 5.83. The summed E-state index contributed by atoms with van der Waals surface area (Å²) in [7, 11) is 1.60. The first-order valence-electron chi connectivity index (χ1n) is 8.08. The molecule has 1 aliphatic rings. The molecule has 8 nitrogen and oxygen atoms in total. The van der Waals surface area contributed by atoms with Crippen LogP contribution in [0.3, 0.4) is 0 Å². The van der Waals surface area contributed by atoms with Gasteiger partial charge in [0.15, 0.2) is 11.5 Å². The first kappa shape index (κ1) is 16.1. The van der Waals surface area contributed by atoms with Crippen molar-refractivity contribution in [3.8, 4) is 23.4 Å². The van der Waals surface area contributed by atoms with Gasteiger partial charge in [0, 0.05) is 12.1 Å². The molecule has 26 heavy (non-hydrogen) atoms. The molecule has 0 saturated carbocycles. The molecule has 0 aliphatic carbocycles. The van der Waals surface area contributed by atoms with Gasteiger partial charge < -0.3 is 25.1 Å². The summed E-state index contributed by atoms with van der Waals surface area (Å²) in [5.41, 5.74) is 7.38. The van der Waals surface area contributed by atoms with Crippen LogP contribution < -0.4 is 19.9 Å². The lowest BCUT2D eigenvalue weighted by Gasteiger charge is -2.12. The molecule has 0 radical (unpaired) electrons. The van der Waals surface area contributed by atoms with Crippen molar-refractivity contribution in [3.05, 3.63) is 42.0 Å². The van der Waals surface area contributed by atoms with E-state index in [0.29, 0.717) is 35.7 Å². The Morgan fingerprint density at radius 2 is 1.92 bits per heavy atom. The van der Waals surface area contributed by atoms with Gasteiger partial charge in [0.05, 0.1) is 19.0 Å². The average molecular weight is 354 g/mol. The van der Waals surface area contributed by atoms with Gasteiger partial charge in [-0.2, -0.15) is 9.97 Å². The number of ether oxygens (including phenoxy) is 3. The van der Waals surface area contributed by atoms with E-state index in [1.165, 1.54) is 0 Å². The molecule has 0 saturated heterocycles. The van der Waals surface area contributed by atoms with Crippen molar-refractivity contribution >= 4 is 16.9 Å². The molecule has 3 heterocycles.